The van der Waals surface area contributed by atoms with Crippen LogP contribution < -0.4 is 10.8 Å². The number of pyridine rings is 1. The highest BCUT2D eigenvalue weighted by Crippen LogP contribution is 2.35. The fourth-order valence-electron chi connectivity index (χ4n) is 4.16. The van der Waals surface area contributed by atoms with E-state index in [1.165, 1.54) is 0 Å². The summed E-state index contributed by atoms with van der Waals surface area (Å²) < 4.78 is 1.93. The highest BCUT2D eigenvalue weighted by Gasteiger charge is 2.34. The standard InChI is InChI=1S/C18H20N3O3/c22-18-6-2-5-17-15-7-14(11-20(17)18)10-19(12-15)9-13-3-1-4-16(8-13)21(23)24/h1-6,8,14-15,23H,7,9-12H2/q-1. The first-order valence-corrected chi connectivity index (χ1v) is 8.27. The number of piperidine rings is 1. The maximum atomic E-state index is 12.1. The number of anilines is 1. The molecule has 3 heterocycles. The Kier molecular flexibility index (Phi) is 3.88. The zero-order valence-corrected chi connectivity index (χ0v) is 13.3. The Balaban J connectivity index is 1.54. The number of benzene rings is 1. The Morgan fingerprint density at radius 1 is 1.17 bits per heavy atom. The van der Waals surface area contributed by atoms with Crippen LogP contribution in [0, 0.1) is 11.1 Å². The van der Waals surface area contributed by atoms with Crippen LogP contribution in [-0.4, -0.2) is 27.8 Å². The normalized spacial score (nSPS) is 22.9. The molecule has 0 saturated carbocycles. The molecule has 6 heteroatoms. The summed E-state index contributed by atoms with van der Waals surface area (Å²) in [5.74, 6) is 0.858. The Labute approximate surface area is 140 Å². The zero-order valence-electron chi connectivity index (χ0n) is 13.3. The van der Waals surface area contributed by atoms with Crippen molar-refractivity contribution in [2.24, 2.45) is 5.92 Å². The second-order valence-corrected chi connectivity index (χ2v) is 6.84. The van der Waals surface area contributed by atoms with E-state index in [0.29, 0.717) is 11.8 Å². The van der Waals surface area contributed by atoms with Gasteiger partial charge in [-0.1, -0.05) is 18.2 Å². The Hall–Kier alpha value is -2.15. The molecule has 2 atom stereocenters. The van der Waals surface area contributed by atoms with Gasteiger partial charge in [0.15, 0.2) is 0 Å². The molecule has 0 spiro atoms. The summed E-state index contributed by atoms with van der Waals surface area (Å²) in [6.45, 7) is 3.38. The first-order valence-electron chi connectivity index (χ1n) is 8.27. The lowest BCUT2D eigenvalue weighted by atomic mass is 9.83. The van der Waals surface area contributed by atoms with E-state index in [1.54, 1.807) is 24.3 Å². The summed E-state index contributed by atoms with van der Waals surface area (Å²) in [6.07, 6.45) is 1.13. The van der Waals surface area contributed by atoms with Crippen LogP contribution in [0.4, 0.5) is 5.69 Å². The average molecular weight is 326 g/mol. The highest BCUT2D eigenvalue weighted by molar-refractivity contribution is 5.46. The van der Waals surface area contributed by atoms with Crippen molar-refractivity contribution in [1.82, 2.24) is 9.47 Å². The van der Waals surface area contributed by atoms with Crippen molar-refractivity contribution in [2.75, 3.05) is 18.3 Å². The SMILES string of the molecule is O=c1cccc2n1CC1CC2CN(Cc2cccc(N([O-])O)c2)C1. The molecule has 1 N–H and O–H groups in total. The van der Waals surface area contributed by atoms with Crippen molar-refractivity contribution in [3.63, 3.8) is 0 Å². The van der Waals surface area contributed by atoms with Crippen molar-refractivity contribution >= 4 is 5.69 Å². The monoisotopic (exact) mass is 326 g/mol. The third kappa shape index (κ3) is 2.84. The molecule has 1 aromatic carbocycles. The lowest BCUT2D eigenvalue weighted by Crippen LogP contribution is -2.46. The van der Waals surface area contributed by atoms with Gasteiger partial charge in [-0.05, 0) is 36.1 Å². The summed E-state index contributed by atoms with van der Waals surface area (Å²) in [4.78, 5) is 14.4. The van der Waals surface area contributed by atoms with E-state index >= 15 is 0 Å². The van der Waals surface area contributed by atoms with Crippen molar-refractivity contribution in [2.45, 2.75) is 25.4 Å². The fourth-order valence-corrected chi connectivity index (χ4v) is 4.16. The van der Waals surface area contributed by atoms with E-state index in [0.717, 1.165) is 43.9 Å². The van der Waals surface area contributed by atoms with Crippen LogP contribution in [-0.2, 0) is 13.1 Å². The molecule has 0 amide bonds. The van der Waals surface area contributed by atoms with Gasteiger partial charge in [-0.25, -0.2) is 0 Å². The van der Waals surface area contributed by atoms with Gasteiger partial charge in [0.1, 0.15) is 0 Å². The van der Waals surface area contributed by atoms with Crippen LogP contribution in [0.15, 0.2) is 47.3 Å². The van der Waals surface area contributed by atoms with Crippen molar-refractivity contribution < 1.29 is 5.21 Å². The minimum atomic E-state index is -0.100. The van der Waals surface area contributed by atoms with Crippen molar-refractivity contribution in [3.05, 3.63) is 69.3 Å². The molecule has 2 unspecified atom stereocenters. The predicted octanol–water partition coefficient (Wildman–Crippen LogP) is 2.16. The number of likely N-dealkylation sites (tertiary alicyclic amines) is 1. The minimum absolute atomic E-state index is 0.0989. The smallest absolute Gasteiger partial charge is 0.250 e. The lowest BCUT2D eigenvalue weighted by molar-refractivity contribution is 0.114. The number of nitrogens with zero attached hydrogens (tertiary/aromatic N) is 3. The van der Waals surface area contributed by atoms with Crippen LogP contribution in [0.3, 0.4) is 0 Å². The molecular formula is C18H20N3O3-. The fraction of sp³-hybridized carbons (Fsp3) is 0.389. The second-order valence-electron chi connectivity index (χ2n) is 6.84. The number of hydrogen-bond donors (Lipinski definition) is 1. The highest BCUT2D eigenvalue weighted by atomic mass is 16.8. The van der Waals surface area contributed by atoms with Gasteiger partial charge in [0.25, 0.3) is 5.56 Å². The molecule has 2 aromatic rings. The predicted molar refractivity (Wildman–Crippen MR) is 90.9 cm³/mol. The number of rotatable bonds is 3. The van der Waals surface area contributed by atoms with Gasteiger partial charge in [0.2, 0.25) is 0 Å². The van der Waals surface area contributed by atoms with E-state index in [4.69, 9.17) is 5.21 Å². The van der Waals surface area contributed by atoms with Gasteiger partial charge in [0.05, 0.1) is 5.69 Å². The minimum Gasteiger partial charge on any atom is -0.733 e. The summed E-state index contributed by atoms with van der Waals surface area (Å²) >= 11 is 0. The largest absolute Gasteiger partial charge is 0.733 e. The lowest BCUT2D eigenvalue weighted by Gasteiger charge is -2.42. The second kappa shape index (κ2) is 6.05. The topological polar surface area (TPSA) is 71.8 Å². The van der Waals surface area contributed by atoms with Gasteiger partial charge in [0, 0.05) is 43.9 Å². The summed E-state index contributed by atoms with van der Waals surface area (Å²) in [5, 5.41) is 20.0. The molecule has 6 nitrogen and oxygen atoms in total. The molecule has 1 aromatic heterocycles. The van der Waals surface area contributed by atoms with Crippen molar-refractivity contribution in [3.8, 4) is 0 Å². The van der Waals surface area contributed by atoms with Gasteiger partial charge >= 0.3 is 0 Å². The molecule has 126 valence electrons. The summed E-state index contributed by atoms with van der Waals surface area (Å²) in [7, 11) is 0. The molecule has 1 fully saturated rings. The molecule has 0 radical (unpaired) electrons. The summed E-state index contributed by atoms with van der Waals surface area (Å²) in [5.41, 5.74) is 2.49. The molecule has 2 bridgehead atoms. The van der Waals surface area contributed by atoms with Gasteiger partial charge in [-0.2, -0.15) is 0 Å². The number of hydrogen-bond acceptors (Lipinski definition) is 5. The Morgan fingerprint density at radius 3 is 2.83 bits per heavy atom. The Morgan fingerprint density at radius 2 is 2.00 bits per heavy atom. The average Bonchev–Trinajstić information content (AvgIpc) is 2.56. The number of fused-ring (bicyclic) bond motifs is 4. The molecule has 1 saturated heterocycles. The third-order valence-corrected chi connectivity index (χ3v) is 5.09. The van der Waals surface area contributed by atoms with Crippen molar-refractivity contribution in [1.29, 1.82) is 0 Å². The van der Waals surface area contributed by atoms with Crippen LogP contribution >= 0.6 is 0 Å². The Bertz CT molecular complexity index is 802. The van der Waals surface area contributed by atoms with E-state index in [2.05, 4.69) is 11.0 Å². The van der Waals surface area contributed by atoms with E-state index in [1.807, 2.05) is 16.7 Å². The first kappa shape index (κ1) is 15.4. The summed E-state index contributed by atoms with van der Waals surface area (Å²) in [6, 6.07) is 12.6. The van der Waals surface area contributed by atoms with Crippen LogP contribution in [0.5, 0.6) is 0 Å². The van der Waals surface area contributed by atoms with E-state index in [9.17, 15) is 10.0 Å². The van der Waals surface area contributed by atoms with Crippen LogP contribution in [0.1, 0.15) is 23.6 Å². The molecule has 0 aliphatic carbocycles. The van der Waals surface area contributed by atoms with Gasteiger partial charge in [-0.15, -0.1) is 0 Å². The van der Waals surface area contributed by atoms with Gasteiger partial charge < -0.3 is 15.0 Å². The quantitative estimate of drug-likeness (QED) is 0.875. The van der Waals surface area contributed by atoms with E-state index < -0.39 is 0 Å². The zero-order chi connectivity index (χ0) is 16.7. The molecular weight excluding hydrogens is 306 g/mol. The maximum absolute atomic E-state index is 12.1. The molecule has 4 rings (SSSR count). The van der Waals surface area contributed by atoms with Gasteiger partial charge in [-0.3, -0.25) is 14.9 Å². The van der Waals surface area contributed by atoms with Crippen LogP contribution in [0.25, 0.3) is 0 Å². The third-order valence-electron chi connectivity index (χ3n) is 5.09. The first-order chi connectivity index (χ1) is 11.6. The molecule has 24 heavy (non-hydrogen) atoms. The molecule has 2 aliphatic heterocycles. The van der Waals surface area contributed by atoms with E-state index in [-0.39, 0.29) is 16.5 Å². The maximum Gasteiger partial charge on any atom is 0.250 e. The molecule has 2 aliphatic rings. The number of aromatic nitrogens is 1. The van der Waals surface area contributed by atoms with Crippen LogP contribution in [0.2, 0.25) is 0 Å².